The van der Waals surface area contributed by atoms with Crippen LogP contribution in [-0.2, 0) is 5.54 Å². The molecule has 2 unspecified atom stereocenters. The number of aromatic nitrogens is 2. The molecule has 0 amide bonds. The fourth-order valence-electron chi connectivity index (χ4n) is 2.81. The Kier molecular flexibility index (Phi) is 4.64. The van der Waals surface area contributed by atoms with Gasteiger partial charge in [-0.05, 0) is 81.1 Å². The van der Waals surface area contributed by atoms with Crippen LogP contribution in [0.3, 0.4) is 0 Å². The van der Waals surface area contributed by atoms with Crippen molar-refractivity contribution in [2.24, 2.45) is 11.5 Å². The Morgan fingerprint density at radius 1 is 1.00 bits per heavy atom. The van der Waals surface area contributed by atoms with Crippen molar-refractivity contribution in [3.05, 3.63) is 79.9 Å². The fourth-order valence-corrected chi connectivity index (χ4v) is 3.93. The zero-order valence-corrected chi connectivity index (χ0v) is 16.6. The first-order chi connectivity index (χ1) is 11.3. The lowest BCUT2D eigenvalue weighted by molar-refractivity contribution is 0.607. The topological polar surface area (TPSA) is 77.8 Å². The molecule has 0 saturated carbocycles. The van der Waals surface area contributed by atoms with E-state index in [9.17, 15) is 0 Å². The molecule has 1 aliphatic rings. The van der Waals surface area contributed by atoms with Crippen LogP contribution in [0.4, 0.5) is 0 Å². The van der Waals surface area contributed by atoms with E-state index in [0.29, 0.717) is 5.70 Å². The van der Waals surface area contributed by atoms with Crippen LogP contribution in [0.1, 0.15) is 28.4 Å². The summed E-state index contributed by atoms with van der Waals surface area (Å²) in [4.78, 5) is 9.04. The highest BCUT2D eigenvalue weighted by Crippen LogP contribution is 2.34. The van der Waals surface area contributed by atoms with Gasteiger partial charge in [0.15, 0.2) is 0 Å². The molecular weight excluding hydrogens is 432 g/mol. The minimum atomic E-state index is -0.911. The normalized spacial score (nSPS) is 23.2. The number of pyridine rings is 2. The number of rotatable bonds is 2. The lowest BCUT2D eigenvalue weighted by Crippen LogP contribution is -2.42. The summed E-state index contributed by atoms with van der Waals surface area (Å²) in [5, 5.41) is 0. The van der Waals surface area contributed by atoms with E-state index >= 15 is 0 Å². The lowest BCUT2D eigenvalue weighted by atomic mass is 9.83. The molecule has 0 saturated heterocycles. The first-order valence-corrected chi connectivity index (χ1v) is 9.11. The van der Waals surface area contributed by atoms with Crippen molar-refractivity contribution in [1.29, 1.82) is 0 Å². The van der Waals surface area contributed by atoms with E-state index in [1.54, 1.807) is 0 Å². The molecule has 2 heterocycles. The van der Waals surface area contributed by atoms with Gasteiger partial charge < -0.3 is 11.5 Å². The summed E-state index contributed by atoms with van der Waals surface area (Å²) in [5.74, 6) is -0.00822. The molecule has 0 bridgehead atoms. The smallest absolute Gasteiger partial charge is 0.117 e. The minimum absolute atomic E-state index is 0.00822. The maximum absolute atomic E-state index is 6.57. The second-order valence-electron chi connectivity index (χ2n) is 6.12. The summed E-state index contributed by atoms with van der Waals surface area (Å²) in [5.41, 5.74) is 16.4. The van der Waals surface area contributed by atoms with Gasteiger partial charge in [0.05, 0.1) is 11.4 Å². The molecule has 4 N–H and O–H groups in total. The Balaban J connectivity index is 2.00. The van der Waals surface area contributed by atoms with Crippen molar-refractivity contribution < 1.29 is 0 Å². The molecule has 2 aromatic rings. The number of allylic oxidation sites excluding steroid dienone is 2. The van der Waals surface area contributed by atoms with Crippen molar-refractivity contribution in [3.63, 3.8) is 0 Å². The Morgan fingerprint density at radius 3 is 2.21 bits per heavy atom. The summed E-state index contributed by atoms with van der Waals surface area (Å²) < 4.78 is 1.56. The van der Waals surface area contributed by atoms with Crippen molar-refractivity contribution in [2.75, 3.05) is 0 Å². The molecule has 0 fully saturated rings. The average Bonchev–Trinajstić information content (AvgIpc) is 2.48. The molecule has 24 heavy (non-hydrogen) atoms. The van der Waals surface area contributed by atoms with Gasteiger partial charge in [0.25, 0.3) is 0 Å². The van der Waals surface area contributed by atoms with Gasteiger partial charge in [0.1, 0.15) is 14.7 Å². The van der Waals surface area contributed by atoms with Gasteiger partial charge in [-0.15, -0.1) is 0 Å². The maximum Gasteiger partial charge on any atom is 0.117 e. The highest BCUT2D eigenvalue weighted by molar-refractivity contribution is 9.10. The molecular formula is C18H18Br2N4. The van der Waals surface area contributed by atoms with Gasteiger partial charge in [-0.3, -0.25) is 0 Å². The Labute approximate surface area is 158 Å². The van der Waals surface area contributed by atoms with Crippen LogP contribution in [-0.4, -0.2) is 9.97 Å². The molecule has 6 heteroatoms. The molecule has 2 atom stereocenters. The minimum Gasteiger partial charge on any atom is -0.400 e. The van der Waals surface area contributed by atoms with Crippen LogP contribution in [0, 0.1) is 13.8 Å². The number of aryl methyl sites for hydroxylation is 2. The molecule has 124 valence electrons. The Morgan fingerprint density at radius 2 is 1.62 bits per heavy atom. The Bertz CT molecular complexity index is 820. The summed E-state index contributed by atoms with van der Waals surface area (Å²) in [6.45, 7) is 4.04. The zero-order chi connectivity index (χ0) is 17.5. The molecule has 0 radical (unpaired) electrons. The number of hydrogen-bond donors (Lipinski definition) is 2. The van der Waals surface area contributed by atoms with Crippen molar-refractivity contribution in [1.82, 2.24) is 9.97 Å². The average molecular weight is 450 g/mol. The summed E-state index contributed by atoms with van der Waals surface area (Å²) >= 11 is 6.86. The predicted octanol–water partition coefficient (Wildman–Crippen LogP) is 3.97. The summed E-state index contributed by atoms with van der Waals surface area (Å²) in [7, 11) is 0. The van der Waals surface area contributed by atoms with Crippen molar-refractivity contribution in [3.8, 4) is 0 Å². The van der Waals surface area contributed by atoms with Crippen LogP contribution in [0.2, 0.25) is 0 Å². The van der Waals surface area contributed by atoms with E-state index in [1.165, 1.54) is 0 Å². The molecule has 4 nitrogen and oxygen atoms in total. The molecule has 3 rings (SSSR count). The van der Waals surface area contributed by atoms with E-state index in [0.717, 1.165) is 31.7 Å². The SMILES string of the molecule is Cc1cc(Br)nc(C2C=CC(N)(c3cc(C)cc(Br)n3)C(N)=C2)c1. The highest BCUT2D eigenvalue weighted by Gasteiger charge is 2.33. The molecule has 2 aromatic heterocycles. The highest BCUT2D eigenvalue weighted by atomic mass is 79.9. The van der Waals surface area contributed by atoms with Gasteiger partial charge in [-0.2, -0.15) is 0 Å². The third-order valence-electron chi connectivity index (χ3n) is 4.07. The second kappa shape index (κ2) is 6.43. The number of halogens is 2. The monoisotopic (exact) mass is 448 g/mol. The molecule has 0 spiro atoms. The van der Waals surface area contributed by atoms with Gasteiger partial charge >= 0.3 is 0 Å². The van der Waals surface area contributed by atoms with Gasteiger partial charge in [-0.1, -0.05) is 18.2 Å². The number of nitrogens with zero attached hydrogens (tertiary/aromatic N) is 2. The van der Waals surface area contributed by atoms with E-state index in [2.05, 4.69) is 47.9 Å². The van der Waals surface area contributed by atoms with Crippen LogP contribution in [0.15, 0.2) is 57.4 Å². The first kappa shape index (κ1) is 17.3. The molecule has 0 aliphatic heterocycles. The van der Waals surface area contributed by atoms with Gasteiger partial charge in [0, 0.05) is 11.6 Å². The van der Waals surface area contributed by atoms with Crippen molar-refractivity contribution >= 4 is 31.9 Å². The van der Waals surface area contributed by atoms with Crippen molar-refractivity contribution in [2.45, 2.75) is 25.3 Å². The number of nitrogens with two attached hydrogens (primary N) is 2. The zero-order valence-electron chi connectivity index (χ0n) is 13.4. The van der Waals surface area contributed by atoms with Crippen LogP contribution in [0.5, 0.6) is 0 Å². The maximum atomic E-state index is 6.57. The van der Waals surface area contributed by atoms with E-state index in [1.807, 2.05) is 50.3 Å². The van der Waals surface area contributed by atoms with Crippen LogP contribution >= 0.6 is 31.9 Å². The van der Waals surface area contributed by atoms with Crippen LogP contribution in [0.25, 0.3) is 0 Å². The third kappa shape index (κ3) is 3.31. The standard InChI is InChI=1S/C18H18Br2N4/c1-10-5-13(23-16(19)7-10)12-3-4-18(22,14(21)9-12)15-6-11(2)8-17(20)24-15/h3-9,12H,21-22H2,1-2H3. The summed E-state index contributed by atoms with van der Waals surface area (Å²) in [6.07, 6.45) is 5.90. The van der Waals surface area contributed by atoms with E-state index in [-0.39, 0.29) is 5.92 Å². The lowest BCUT2D eigenvalue weighted by Gasteiger charge is -2.31. The quantitative estimate of drug-likeness (QED) is 0.537. The van der Waals surface area contributed by atoms with E-state index in [4.69, 9.17) is 11.5 Å². The predicted molar refractivity (Wildman–Crippen MR) is 103 cm³/mol. The number of hydrogen-bond acceptors (Lipinski definition) is 4. The van der Waals surface area contributed by atoms with Gasteiger partial charge in [-0.25, -0.2) is 9.97 Å². The largest absolute Gasteiger partial charge is 0.400 e. The molecule has 0 aromatic carbocycles. The second-order valence-corrected chi connectivity index (χ2v) is 7.75. The van der Waals surface area contributed by atoms with E-state index < -0.39 is 5.54 Å². The van der Waals surface area contributed by atoms with Crippen LogP contribution < -0.4 is 11.5 Å². The summed E-state index contributed by atoms with van der Waals surface area (Å²) in [6, 6.07) is 7.92. The van der Waals surface area contributed by atoms with Gasteiger partial charge in [0.2, 0.25) is 0 Å². The first-order valence-electron chi connectivity index (χ1n) is 7.53. The molecule has 1 aliphatic carbocycles. The third-order valence-corrected chi connectivity index (χ3v) is 4.88. The fraction of sp³-hybridized carbons (Fsp3) is 0.222. The Hall–Kier alpha value is -1.50.